The van der Waals surface area contributed by atoms with Crippen molar-refractivity contribution in [3.8, 4) is 0 Å². The van der Waals surface area contributed by atoms with Crippen LogP contribution in [0, 0.1) is 0 Å². The minimum atomic E-state index is -3.60. The molecule has 0 bridgehead atoms. The maximum atomic E-state index is 12.3. The minimum absolute atomic E-state index is 0.0547. The first-order valence-electron chi connectivity index (χ1n) is 8.05. The summed E-state index contributed by atoms with van der Waals surface area (Å²) in [4.78, 5) is 14.7. The lowest BCUT2D eigenvalue weighted by Crippen LogP contribution is -2.29. The van der Waals surface area contributed by atoms with Crippen molar-refractivity contribution in [1.29, 1.82) is 0 Å². The summed E-state index contributed by atoms with van der Waals surface area (Å²) in [6.45, 7) is 3.76. The summed E-state index contributed by atoms with van der Waals surface area (Å²) in [5.74, 6) is -0.350. The van der Waals surface area contributed by atoms with Crippen LogP contribution in [0.1, 0.15) is 29.6 Å². The van der Waals surface area contributed by atoms with Gasteiger partial charge in [-0.1, -0.05) is 11.6 Å². The topological polar surface area (TPSA) is 69.7 Å². The van der Waals surface area contributed by atoms with Crippen molar-refractivity contribution in [2.75, 3.05) is 40.3 Å². The van der Waals surface area contributed by atoms with Crippen LogP contribution < -0.4 is 5.32 Å². The SMILES string of the molecule is CN(C)S(=O)(=O)c1ccc(Cl)c(C(=O)NCCCN2CCCC2)c1. The van der Waals surface area contributed by atoms with Crippen LogP contribution in [0.15, 0.2) is 23.1 Å². The monoisotopic (exact) mass is 373 g/mol. The van der Waals surface area contributed by atoms with E-state index >= 15 is 0 Å². The Morgan fingerprint density at radius 1 is 1.29 bits per heavy atom. The Kier molecular flexibility index (Phi) is 6.62. The maximum absolute atomic E-state index is 12.3. The van der Waals surface area contributed by atoms with E-state index in [1.807, 2.05) is 0 Å². The van der Waals surface area contributed by atoms with E-state index < -0.39 is 10.0 Å². The Labute approximate surface area is 148 Å². The van der Waals surface area contributed by atoms with Gasteiger partial charge in [0, 0.05) is 20.6 Å². The second-order valence-electron chi connectivity index (χ2n) is 6.09. The molecule has 0 atom stereocenters. The van der Waals surface area contributed by atoms with E-state index in [1.165, 1.54) is 45.1 Å². The van der Waals surface area contributed by atoms with Gasteiger partial charge in [0.2, 0.25) is 10.0 Å². The number of nitrogens with one attached hydrogen (secondary N) is 1. The van der Waals surface area contributed by atoms with Gasteiger partial charge >= 0.3 is 0 Å². The smallest absolute Gasteiger partial charge is 0.252 e. The van der Waals surface area contributed by atoms with Gasteiger partial charge in [0.1, 0.15) is 0 Å². The van der Waals surface area contributed by atoms with Crippen LogP contribution in [0.3, 0.4) is 0 Å². The van der Waals surface area contributed by atoms with Gasteiger partial charge in [0.25, 0.3) is 5.91 Å². The molecule has 1 N–H and O–H groups in total. The molecule has 6 nitrogen and oxygen atoms in total. The first-order valence-corrected chi connectivity index (χ1v) is 9.87. The molecule has 0 aromatic heterocycles. The van der Waals surface area contributed by atoms with Gasteiger partial charge in [0.15, 0.2) is 0 Å². The highest BCUT2D eigenvalue weighted by molar-refractivity contribution is 7.89. The van der Waals surface area contributed by atoms with Crippen LogP contribution in [0.2, 0.25) is 5.02 Å². The van der Waals surface area contributed by atoms with E-state index in [0.29, 0.717) is 6.54 Å². The zero-order valence-corrected chi connectivity index (χ0v) is 15.7. The highest BCUT2D eigenvalue weighted by atomic mass is 35.5. The number of carbonyl (C=O) groups is 1. The minimum Gasteiger partial charge on any atom is -0.352 e. The van der Waals surface area contributed by atoms with Gasteiger partial charge in [-0.2, -0.15) is 0 Å². The largest absolute Gasteiger partial charge is 0.352 e. The summed E-state index contributed by atoms with van der Waals surface area (Å²) in [5, 5.41) is 3.05. The van der Waals surface area contributed by atoms with Crippen LogP contribution in [-0.2, 0) is 10.0 Å². The fourth-order valence-corrected chi connectivity index (χ4v) is 3.79. The molecule has 1 amide bonds. The van der Waals surface area contributed by atoms with Crippen LogP contribution in [-0.4, -0.2) is 63.8 Å². The maximum Gasteiger partial charge on any atom is 0.252 e. The van der Waals surface area contributed by atoms with Crippen molar-refractivity contribution < 1.29 is 13.2 Å². The highest BCUT2D eigenvalue weighted by Crippen LogP contribution is 2.22. The molecule has 0 aliphatic carbocycles. The zero-order chi connectivity index (χ0) is 17.7. The Morgan fingerprint density at radius 2 is 1.96 bits per heavy atom. The summed E-state index contributed by atoms with van der Waals surface area (Å²) >= 11 is 6.06. The predicted octanol–water partition coefficient (Wildman–Crippen LogP) is 1.81. The number of amides is 1. The second kappa shape index (κ2) is 8.29. The van der Waals surface area contributed by atoms with Gasteiger partial charge in [-0.3, -0.25) is 4.79 Å². The molecule has 1 aliphatic heterocycles. The van der Waals surface area contributed by atoms with Gasteiger partial charge in [-0.15, -0.1) is 0 Å². The highest BCUT2D eigenvalue weighted by Gasteiger charge is 2.20. The third kappa shape index (κ3) is 4.69. The molecule has 0 saturated carbocycles. The van der Waals surface area contributed by atoms with E-state index in [0.717, 1.165) is 30.4 Å². The molecule has 2 rings (SSSR count). The lowest BCUT2D eigenvalue weighted by molar-refractivity contribution is 0.0952. The van der Waals surface area contributed by atoms with Gasteiger partial charge in [-0.05, 0) is 57.1 Å². The molecule has 0 unspecified atom stereocenters. The molecule has 0 radical (unpaired) electrons. The molecular formula is C16H24ClN3O3S. The average Bonchev–Trinajstić information content (AvgIpc) is 3.04. The van der Waals surface area contributed by atoms with Gasteiger partial charge in [-0.25, -0.2) is 12.7 Å². The lowest BCUT2D eigenvalue weighted by atomic mass is 10.2. The summed E-state index contributed by atoms with van der Waals surface area (Å²) in [6, 6.07) is 4.17. The third-order valence-electron chi connectivity index (χ3n) is 4.10. The number of carbonyl (C=O) groups excluding carboxylic acids is 1. The number of benzene rings is 1. The van der Waals surface area contributed by atoms with Crippen molar-refractivity contribution in [2.24, 2.45) is 0 Å². The van der Waals surface area contributed by atoms with Crippen LogP contribution in [0.4, 0.5) is 0 Å². The first-order chi connectivity index (χ1) is 11.3. The number of likely N-dealkylation sites (tertiary alicyclic amines) is 1. The number of hydrogen-bond acceptors (Lipinski definition) is 4. The standard InChI is InChI=1S/C16H24ClN3O3S/c1-19(2)24(22,23)13-6-7-15(17)14(12-13)16(21)18-8-5-11-20-9-3-4-10-20/h6-7,12H,3-5,8-11H2,1-2H3,(H,18,21). The Balaban J connectivity index is 1.98. The van der Waals surface area contributed by atoms with E-state index in [4.69, 9.17) is 11.6 Å². The summed E-state index contributed by atoms with van der Waals surface area (Å²) < 4.78 is 25.4. The molecular weight excluding hydrogens is 350 g/mol. The van der Waals surface area contributed by atoms with Gasteiger partial charge < -0.3 is 10.2 Å². The zero-order valence-electron chi connectivity index (χ0n) is 14.1. The Hall–Kier alpha value is -1.15. The average molecular weight is 374 g/mol. The van der Waals surface area contributed by atoms with E-state index in [9.17, 15) is 13.2 Å². The number of halogens is 1. The molecule has 0 spiro atoms. The van der Waals surface area contributed by atoms with Crippen molar-refractivity contribution in [1.82, 2.24) is 14.5 Å². The molecule has 1 saturated heterocycles. The Bertz CT molecular complexity index is 686. The predicted molar refractivity (Wildman–Crippen MR) is 94.9 cm³/mol. The molecule has 8 heteroatoms. The van der Waals surface area contributed by atoms with E-state index in [1.54, 1.807) is 0 Å². The van der Waals surface area contributed by atoms with Crippen molar-refractivity contribution >= 4 is 27.5 Å². The molecule has 1 aromatic carbocycles. The number of rotatable bonds is 7. The molecule has 134 valence electrons. The summed E-state index contributed by atoms with van der Waals surface area (Å²) in [5.41, 5.74) is 0.181. The van der Waals surface area contributed by atoms with E-state index in [2.05, 4.69) is 10.2 Å². The van der Waals surface area contributed by atoms with Crippen LogP contribution >= 0.6 is 11.6 Å². The first kappa shape index (κ1) is 19.2. The lowest BCUT2D eigenvalue weighted by Gasteiger charge is -2.15. The fourth-order valence-electron chi connectivity index (χ4n) is 2.66. The van der Waals surface area contributed by atoms with Crippen molar-refractivity contribution in [3.63, 3.8) is 0 Å². The number of nitrogens with zero attached hydrogens (tertiary/aromatic N) is 2. The van der Waals surface area contributed by atoms with Crippen molar-refractivity contribution in [2.45, 2.75) is 24.2 Å². The normalized spacial score (nSPS) is 15.8. The number of sulfonamides is 1. The van der Waals surface area contributed by atoms with Crippen molar-refractivity contribution in [3.05, 3.63) is 28.8 Å². The van der Waals surface area contributed by atoms with E-state index in [-0.39, 0.29) is 21.4 Å². The fraction of sp³-hybridized carbons (Fsp3) is 0.562. The molecule has 1 heterocycles. The third-order valence-corrected chi connectivity index (χ3v) is 6.24. The summed E-state index contributed by atoms with van der Waals surface area (Å²) in [7, 11) is -0.705. The van der Waals surface area contributed by atoms with Crippen LogP contribution in [0.25, 0.3) is 0 Å². The van der Waals surface area contributed by atoms with Crippen LogP contribution in [0.5, 0.6) is 0 Å². The second-order valence-corrected chi connectivity index (χ2v) is 8.65. The summed E-state index contributed by atoms with van der Waals surface area (Å²) in [6.07, 6.45) is 3.35. The molecule has 24 heavy (non-hydrogen) atoms. The number of hydrogen-bond donors (Lipinski definition) is 1. The molecule has 1 aromatic rings. The quantitative estimate of drug-likeness (QED) is 0.740. The Morgan fingerprint density at radius 3 is 2.58 bits per heavy atom. The van der Waals surface area contributed by atoms with Gasteiger partial charge in [0.05, 0.1) is 15.5 Å². The molecule has 1 fully saturated rings. The molecule has 1 aliphatic rings.